The Morgan fingerprint density at radius 1 is 1.42 bits per heavy atom. The number of benzene rings is 1. The fourth-order valence-electron chi connectivity index (χ4n) is 2.17. The summed E-state index contributed by atoms with van der Waals surface area (Å²) in [5, 5.41) is 17.6. The molecule has 0 unspecified atom stereocenters. The molecule has 0 bridgehead atoms. The Balaban J connectivity index is 1.69. The number of urea groups is 1. The van der Waals surface area contributed by atoms with Gasteiger partial charge in [0.15, 0.2) is 0 Å². The fraction of sp³-hybridized carbons (Fsp3) is 0.429. The number of nitrogens with zero attached hydrogens (tertiary/aromatic N) is 1. The molecule has 100 valence electrons. The van der Waals surface area contributed by atoms with Gasteiger partial charge < -0.3 is 16.0 Å². The average Bonchev–Trinajstić information content (AvgIpc) is 2.93. The minimum atomic E-state index is -0.206. The maximum atomic E-state index is 11.6. The van der Waals surface area contributed by atoms with Crippen LogP contribution >= 0.6 is 0 Å². The molecule has 0 radical (unpaired) electrons. The van der Waals surface area contributed by atoms with Gasteiger partial charge in [0.05, 0.1) is 11.6 Å². The van der Waals surface area contributed by atoms with E-state index in [1.54, 1.807) is 24.3 Å². The van der Waals surface area contributed by atoms with Gasteiger partial charge in [-0.25, -0.2) is 4.79 Å². The molecule has 5 heteroatoms. The zero-order valence-electron chi connectivity index (χ0n) is 10.8. The SMILES string of the molecule is N#Cc1ccc(NC(=O)NCC[C@@H]2CCCN2)cc1. The number of nitrogens with one attached hydrogen (secondary N) is 3. The largest absolute Gasteiger partial charge is 0.338 e. The van der Waals surface area contributed by atoms with Crippen molar-refractivity contribution >= 4 is 11.7 Å². The third kappa shape index (κ3) is 4.27. The van der Waals surface area contributed by atoms with Gasteiger partial charge in [-0.1, -0.05) is 0 Å². The maximum Gasteiger partial charge on any atom is 0.319 e. The molecule has 1 atom stereocenters. The van der Waals surface area contributed by atoms with E-state index in [-0.39, 0.29) is 6.03 Å². The number of carbonyl (C=O) groups excluding carboxylic acids is 1. The Morgan fingerprint density at radius 3 is 2.84 bits per heavy atom. The average molecular weight is 258 g/mol. The molecule has 5 nitrogen and oxygen atoms in total. The predicted molar refractivity (Wildman–Crippen MR) is 73.8 cm³/mol. The lowest BCUT2D eigenvalue weighted by atomic mass is 10.1. The molecule has 0 aliphatic carbocycles. The van der Waals surface area contributed by atoms with Gasteiger partial charge in [0.2, 0.25) is 0 Å². The molecule has 1 aromatic rings. The van der Waals surface area contributed by atoms with Gasteiger partial charge in [-0.3, -0.25) is 0 Å². The van der Waals surface area contributed by atoms with Crippen LogP contribution in [0.25, 0.3) is 0 Å². The van der Waals surface area contributed by atoms with Crippen molar-refractivity contribution in [1.82, 2.24) is 10.6 Å². The van der Waals surface area contributed by atoms with Crippen LogP contribution in [-0.4, -0.2) is 25.2 Å². The number of amides is 2. The molecule has 0 saturated carbocycles. The zero-order chi connectivity index (χ0) is 13.5. The predicted octanol–water partition coefficient (Wildman–Crippen LogP) is 1.82. The van der Waals surface area contributed by atoms with E-state index >= 15 is 0 Å². The van der Waals surface area contributed by atoms with Crippen molar-refractivity contribution in [3.05, 3.63) is 29.8 Å². The molecule has 0 aromatic heterocycles. The van der Waals surface area contributed by atoms with Gasteiger partial charge >= 0.3 is 6.03 Å². The van der Waals surface area contributed by atoms with Crippen LogP contribution in [0.3, 0.4) is 0 Å². The number of carbonyl (C=O) groups is 1. The highest BCUT2D eigenvalue weighted by Gasteiger charge is 2.13. The van der Waals surface area contributed by atoms with Gasteiger partial charge in [-0.05, 0) is 50.1 Å². The summed E-state index contributed by atoms with van der Waals surface area (Å²) in [5.74, 6) is 0. The summed E-state index contributed by atoms with van der Waals surface area (Å²) in [6, 6.07) is 9.16. The summed E-state index contributed by atoms with van der Waals surface area (Å²) >= 11 is 0. The minimum absolute atomic E-state index is 0.206. The summed E-state index contributed by atoms with van der Waals surface area (Å²) < 4.78 is 0. The topological polar surface area (TPSA) is 77.0 Å². The summed E-state index contributed by atoms with van der Waals surface area (Å²) in [6.45, 7) is 1.75. The second kappa shape index (κ2) is 6.76. The van der Waals surface area contributed by atoms with Crippen molar-refractivity contribution in [2.45, 2.75) is 25.3 Å². The second-order valence-electron chi connectivity index (χ2n) is 4.65. The number of hydrogen-bond donors (Lipinski definition) is 3. The van der Waals surface area contributed by atoms with Crippen LogP contribution in [0.1, 0.15) is 24.8 Å². The first-order valence-corrected chi connectivity index (χ1v) is 6.56. The Kier molecular flexibility index (Phi) is 4.76. The van der Waals surface area contributed by atoms with Crippen LogP contribution in [-0.2, 0) is 0 Å². The van der Waals surface area contributed by atoms with Crippen LogP contribution in [0.2, 0.25) is 0 Å². The minimum Gasteiger partial charge on any atom is -0.338 e. The van der Waals surface area contributed by atoms with Gasteiger partial charge in [0.25, 0.3) is 0 Å². The number of hydrogen-bond acceptors (Lipinski definition) is 3. The van der Waals surface area contributed by atoms with Gasteiger partial charge in [-0.15, -0.1) is 0 Å². The third-order valence-electron chi connectivity index (χ3n) is 3.21. The highest BCUT2D eigenvalue weighted by molar-refractivity contribution is 5.89. The molecule has 3 N–H and O–H groups in total. The van der Waals surface area contributed by atoms with E-state index in [1.165, 1.54) is 12.8 Å². The van der Waals surface area contributed by atoms with E-state index in [0.29, 0.717) is 23.8 Å². The van der Waals surface area contributed by atoms with E-state index < -0.39 is 0 Å². The molecular formula is C14H18N4O. The first-order valence-electron chi connectivity index (χ1n) is 6.56. The van der Waals surface area contributed by atoms with Crippen LogP contribution in [0, 0.1) is 11.3 Å². The quantitative estimate of drug-likeness (QED) is 0.771. The molecule has 1 saturated heterocycles. The number of anilines is 1. The molecule has 1 aromatic carbocycles. The first-order chi connectivity index (χ1) is 9.28. The van der Waals surface area contributed by atoms with Crippen molar-refractivity contribution in [3.63, 3.8) is 0 Å². The van der Waals surface area contributed by atoms with Crippen molar-refractivity contribution in [2.75, 3.05) is 18.4 Å². The van der Waals surface area contributed by atoms with E-state index in [2.05, 4.69) is 16.0 Å². The lowest BCUT2D eigenvalue weighted by Crippen LogP contribution is -2.33. The molecule has 2 amide bonds. The Bertz CT molecular complexity index is 457. The smallest absolute Gasteiger partial charge is 0.319 e. The molecule has 1 aliphatic rings. The standard InChI is InChI=1S/C14H18N4O/c15-10-11-3-5-13(6-4-11)18-14(19)17-9-7-12-2-1-8-16-12/h3-6,12,16H,1-2,7-9H2,(H2,17,18,19)/t12-/m0/s1. The van der Waals surface area contributed by atoms with E-state index in [4.69, 9.17) is 5.26 Å². The lowest BCUT2D eigenvalue weighted by Gasteiger charge is -2.11. The van der Waals surface area contributed by atoms with Crippen molar-refractivity contribution in [3.8, 4) is 6.07 Å². The van der Waals surface area contributed by atoms with Crippen LogP contribution in [0.15, 0.2) is 24.3 Å². The van der Waals surface area contributed by atoms with Crippen LogP contribution < -0.4 is 16.0 Å². The molecule has 1 heterocycles. The van der Waals surface area contributed by atoms with Crippen molar-refractivity contribution in [1.29, 1.82) is 5.26 Å². The maximum absolute atomic E-state index is 11.6. The van der Waals surface area contributed by atoms with E-state index in [0.717, 1.165) is 13.0 Å². The summed E-state index contributed by atoms with van der Waals surface area (Å²) in [7, 11) is 0. The Labute approximate surface area is 113 Å². The Hall–Kier alpha value is -2.06. The van der Waals surface area contributed by atoms with Crippen molar-refractivity contribution in [2.24, 2.45) is 0 Å². The first kappa shape index (κ1) is 13.4. The zero-order valence-corrected chi connectivity index (χ0v) is 10.8. The highest BCUT2D eigenvalue weighted by Crippen LogP contribution is 2.09. The number of nitriles is 1. The highest BCUT2D eigenvalue weighted by atomic mass is 16.2. The molecular weight excluding hydrogens is 240 g/mol. The molecule has 2 rings (SSSR count). The molecule has 1 aliphatic heterocycles. The van der Waals surface area contributed by atoms with E-state index in [1.807, 2.05) is 6.07 Å². The van der Waals surface area contributed by atoms with E-state index in [9.17, 15) is 4.79 Å². The monoisotopic (exact) mass is 258 g/mol. The number of rotatable bonds is 4. The van der Waals surface area contributed by atoms with Gasteiger partial charge in [0, 0.05) is 18.3 Å². The van der Waals surface area contributed by atoms with Crippen molar-refractivity contribution < 1.29 is 4.79 Å². The Morgan fingerprint density at radius 2 is 2.21 bits per heavy atom. The summed E-state index contributed by atoms with van der Waals surface area (Å²) in [4.78, 5) is 11.6. The van der Waals surface area contributed by atoms with Gasteiger partial charge in [-0.2, -0.15) is 5.26 Å². The van der Waals surface area contributed by atoms with Crippen LogP contribution in [0.4, 0.5) is 10.5 Å². The summed E-state index contributed by atoms with van der Waals surface area (Å²) in [5.41, 5.74) is 1.27. The summed E-state index contributed by atoms with van der Waals surface area (Å²) in [6.07, 6.45) is 3.38. The molecule has 19 heavy (non-hydrogen) atoms. The normalized spacial score (nSPS) is 17.7. The fourth-order valence-corrected chi connectivity index (χ4v) is 2.17. The van der Waals surface area contributed by atoms with Crippen LogP contribution in [0.5, 0.6) is 0 Å². The molecule has 0 spiro atoms. The van der Waals surface area contributed by atoms with Gasteiger partial charge in [0.1, 0.15) is 0 Å². The lowest BCUT2D eigenvalue weighted by molar-refractivity contribution is 0.251. The molecule has 1 fully saturated rings. The third-order valence-corrected chi connectivity index (χ3v) is 3.21. The second-order valence-corrected chi connectivity index (χ2v) is 4.65.